The normalized spacial score (nSPS) is 12.7. The minimum Gasteiger partial charge on any atom is -0.493 e. The summed E-state index contributed by atoms with van der Waals surface area (Å²) in [6.45, 7) is 20.0. The van der Waals surface area contributed by atoms with Crippen LogP contribution in [0, 0.1) is 19.3 Å². The number of carbonyl (C=O) groups is 3. The first kappa shape index (κ1) is 82.3. The number of imidazole rings is 1. The van der Waals surface area contributed by atoms with Crippen molar-refractivity contribution in [1.29, 1.82) is 5.41 Å². The van der Waals surface area contributed by atoms with Crippen LogP contribution >= 0.6 is 0 Å². The third-order valence-electron chi connectivity index (χ3n) is 17.3. The van der Waals surface area contributed by atoms with Crippen molar-refractivity contribution in [2.45, 2.75) is 77.8 Å². The highest BCUT2D eigenvalue weighted by atomic mass is 32.2. The van der Waals surface area contributed by atoms with Gasteiger partial charge in [0.05, 0.1) is 127 Å². The van der Waals surface area contributed by atoms with Crippen molar-refractivity contribution in [2.75, 3.05) is 174 Å². The lowest BCUT2D eigenvalue weighted by molar-refractivity contribution is -0.123. The molecule has 3 aromatic heterocycles. The maximum Gasteiger partial charge on any atom is 0.328 e. The van der Waals surface area contributed by atoms with Crippen LogP contribution in [0.15, 0.2) is 99.5 Å². The summed E-state index contributed by atoms with van der Waals surface area (Å²) in [6.07, 6.45) is 5.51. The van der Waals surface area contributed by atoms with E-state index in [0.717, 1.165) is 73.8 Å². The Morgan fingerprint density at radius 1 is 0.679 bits per heavy atom. The van der Waals surface area contributed by atoms with Crippen molar-refractivity contribution in [3.8, 4) is 45.6 Å². The monoisotopic (exact) mass is 1490 g/mol. The molecule has 1 fully saturated rings. The zero-order valence-corrected chi connectivity index (χ0v) is 63.6. The van der Waals surface area contributed by atoms with Crippen molar-refractivity contribution in [3.63, 3.8) is 0 Å². The van der Waals surface area contributed by atoms with Gasteiger partial charge in [0.2, 0.25) is 11.8 Å². The van der Waals surface area contributed by atoms with Gasteiger partial charge in [0, 0.05) is 150 Å². The van der Waals surface area contributed by atoms with Gasteiger partial charge in [0.1, 0.15) is 23.1 Å². The highest BCUT2D eigenvalue weighted by Gasteiger charge is 2.23. The number of fused-ring (bicyclic) bond motifs is 1. The van der Waals surface area contributed by atoms with Crippen LogP contribution in [-0.2, 0) is 64.9 Å². The number of piperazine rings is 1. The van der Waals surface area contributed by atoms with Crippen LogP contribution in [0.2, 0.25) is 0 Å². The Labute approximate surface area is 622 Å². The number of nitrogens with one attached hydrogen (secondary N) is 7. The smallest absolute Gasteiger partial charge is 0.328 e. The Hall–Kier alpha value is -9.40. The topological polar surface area (TPSA) is 327 Å². The minimum absolute atomic E-state index is 0.0396. The predicted octanol–water partition coefficient (Wildman–Crippen LogP) is 7.34. The summed E-state index contributed by atoms with van der Waals surface area (Å²) in [5.74, 6) is 2.98. The van der Waals surface area contributed by atoms with Crippen LogP contribution in [-0.4, -0.2) is 223 Å². The number of amides is 3. The molecule has 3 amide bonds. The molecule has 0 saturated carbocycles. The molecule has 29 nitrogen and oxygen atoms in total. The average Bonchev–Trinajstić information content (AvgIpc) is 1.63. The summed E-state index contributed by atoms with van der Waals surface area (Å²) < 4.78 is 77.5. The van der Waals surface area contributed by atoms with E-state index in [1.54, 1.807) is 74.9 Å². The second kappa shape index (κ2) is 42.7. The van der Waals surface area contributed by atoms with Crippen LogP contribution < -0.4 is 65.8 Å². The predicted molar refractivity (Wildman–Crippen MR) is 410 cm³/mol. The maximum atomic E-state index is 13.8. The Kier molecular flexibility index (Phi) is 33.1. The van der Waals surface area contributed by atoms with Crippen LogP contribution in [0.3, 0.4) is 0 Å². The molecule has 1 aliphatic heterocycles. The molecule has 4 aromatic carbocycles. The van der Waals surface area contributed by atoms with Crippen LogP contribution in [0.1, 0.15) is 79.2 Å². The van der Waals surface area contributed by atoms with Gasteiger partial charge in [-0.3, -0.25) is 42.8 Å². The van der Waals surface area contributed by atoms with E-state index in [0.29, 0.717) is 184 Å². The number of aryl methyl sites for hydroxylation is 4. The number of hydrogen-bond donors (Lipinski definition) is 7. The van der Waals surface area contributed by atoms with Gasteiger partial charge in [-0.2, -0.15) is 0 Å². The van der Waals surface area contributed by atoms with Crippen molar-refractivity contribution in [3.05, 3.63) is 134 Å². The number of anilines is 3. The molecule has 7 N–H and O–H groups in total. The molecule has 1 atom stereocenters. The fourth-order valence-corrected chi connectivity index (χ4v) is 12.6. The second-order valence-corrected chi connectivity index (χ2v) is 27.0. The Balaban J connectivity index is 0.608. The molecule has 4 heterocycles. The van der Waals surface area contributed by atoms with E-state index in [1.165, 1.54) is 29.6 Å². The standard InChI is InChI=1S/C76H105N13O16S/c1-11-27-103-57-42-58(44-59(43-57)105-69-47-67-66(86(7)76(94)87(67)8)46-65(69)84-106(95)60-15-16-68(96-9)70(45-60)97-10)104-28-13-12-21-85(6)51-73(91)79-20-30-99-32-34-101-36-38-102-37-35-100-33-31-98-29-18-72(90)78-19-22-88-23-25-89(26-24-88)71-17-14-55(49-80-71)56-40-61(62(48-77)64(41-56)82-52(2)3)74(92)81-50-63-53(4)39-54(5)83-75(63)93/h14-17,39-49,52,77,82,84H,11-13,18-38,50-51H2,1-10H3,(H,78,90)(H,79,91)(H,81,92)(H,83,93). The average molecular weight is 1490 g/mol. The molecule has 106 heavy (non-hydrogen) atoms. The van der Waals surface area contributed by atoms with Crippen molar-refractivity contribution in [1.82, 2.24) is 44.9 Å². The number of ether oxygens (including phenoxy) is 10. The molecule has 0 bridgehead atoms. The molecule has 1 saturated heterocycles. The SMILES string of the molecule is CCCOc1cc(OCCCCN(C)CC(=O)NCCOCCOCCOCCOCCOCCC(=O)NCCN2CCN(c3ccc(-c4cc(NC(C)C)c(C=N)c(C(=O)NCc5c(C)cc(C)[nH]c5=O)c4)cn3)CC2)cc(Oc2cc3c(cc2NS(=O)c2ccc(OC)c(OC)c2)n(C)c(=O)n3C)c1. The summed E-state index contributed by atoms with van der Waals surface area (Å²) in [5.41, 5.74) is 6.13. The number of benzene rings is 4. The van der Waals surface area contributed by atoms with Crippen LogP contribution in [0.25, 0.3) is 22.2 Å². The van der Waals surface area contributed by atoms with Gasteiger partial charge in [-0.1, -0.05) is 6.92 Å². The van der Waals surface area contributed by atoms with Crippen molar-refractivity contribution < 1.29 is 66.0 Å². The molecule has 7 aromatic rings. The molecule has 1 aliphatic rings. The number of rotatable bonds is 47. The van der Waals surface area contributed by atoms with Gasteiger partial charge in [-0.15, -0.1) is 0 Å². The fourth-order valence-electron chi connectivity index (χ4n) is 11.7. The van der Waals surface area contributed by atoms with E-state index in [4.69, 9.17) is 57.8 Å². The van der Waals surface area contributed by atoms with Gasteiger partial charge in [0.15, 0.2) is 28.2 Å². The zero-order valence-electron chi connectivity index (χ0n) is 62.7. The molecular formula is C76H105N13O16S. The third kappa shape index (κ3) is 25.1. The minimum atomic E-state index is -1.78. The first-order valence-corrected chi connectivity index (χ1v) is 37.1. The number of methoxy groups -OCH3 is 2. The van der Waals surface area contributed by atoms with Gasteiger partial charge < -0.3 is 83.9 Å². The highest BCUT2D eigenvalue weighted by molar-refractivity contribution is 7.86. The highest BCUT2D eigenvalue weighted by Crippen LogP contribution is 2.39. The number of H-pyrrole nitrogens is 1. The van der Waals surface area contributed by atoms with Gasteiger partial charge in [-0.05, 0) is 120 Å². The summed E-state index contributed by atoms with van der Waals surface area (Å²) >= 11 is 0. The van der Waals surface area contributed by atoms with Crippen molar-refractivity contribution >= 4 is 63.1 Å². The number of unbranched alkanes of at least 4 members (excludes halogenated alkanes) is 1. The van der Waals surface area contributed by atoms with Gasteiger partial charge in [0.25, 0.3) is 11.5 Å². The van der Waals surface area contributed by atoms with E-state index in [9.17, 15) is 28.2 Å². The van der Waals surface area contributed by atoms with E-state index in [1.807, 2.05) is 70.8 Å². The Bertz CT molecular complexity index is 4160. The Morgan fingerprint density at radius 2 is 1.32 bits per heavy atom. The summed E-state index contributed by atoms with van der Waals surface area (Å²) in [4.78, 5) is 79.1. The molecular weight excluding hydrogens is 1380 g/mol. The maximum absolute atomic E-state index is 13.8. The lowest BCUT2D eigenvalue weighted by Gasteiger charge is -2.35. The van der Waals surface area contributed by atoms with E-state index in [2.05, 4.69) is 40.8 Å². The molecule has 0 radical (unpaired) electrons. The molecule has 0 aliphatic carbocycles. The first-order valence-electron chi connectivity index (χ1n) is 35.9. The Morgan fingerprint density at radius 3 is 1.95 bits per heavy atom. The second-order valence-electron chi connectivity index (χ2n) is 25.8. The van der Waals surface area contributed by atoms with E-state index >= 15 is 0 Å². The van der Waals surface area contributed by atoms with Crippen molar-refractivity contribution in [2.24, 2.45) is 14.1 Å². The number of carbonyl (C=O) groups excluding carboxylic acids is 3. The quantitative estimate of drug-likeness (QED) is 0.0145. The zero-order chi connectivity index (χ0) is 75.9. The number of nitrogens with zero attached hydrogens (tertiary/aromatic N) is 6. The van der Waals surface area contributed by atoms with E-state index < -0.39 is 16.9 Å². The molecule has 1 unspecified atom stereocenters. The van der Waals surface area contributed by atoms with Crippen LogP contribution in [0.5, 0.6) is 34.5 Å². The fraction of sp³-hybridized carbons (Fsp3) is 0.487. The number of pyridine rings is 2. The lowest BCUT2D eigenvalue weighted by Crippen LogP contribution is -2.48. The van der Waals surface area contributed by atoms with Gasteiger partial charge >= 0.3 is 5.69 Å². The van der Waals surface area contributed by atoms with E-state index in [-0.39, 0.29) is 48.6 Å². The number of aromatic nitrogens is 4. The third-order valence-corrected chi connectivity index (χ3v) is 18.4. The number of hydrogen-bond acceptors (Lipinski definition) is 22. The molecule has 0 spiro atoms. The first-order chi connectivity index (χ1) is 51.2. The lowest BCUT2D eigenvalue weighted by atomic mass is 9.97. The van der Waals surface area contributed by atoms with Gasteiger partial charge in [-0.25, -0.2) is 14.0 Å². The summed E-state index contributed by atoms with van der Waals surface area (Å²) in [5, 5.41) is 20.4. The molecule has 30 heteroatoms. The number of likely N-dealkylation sites (N-methyl/N-ethyl adjacent to an activating group) is 1. The summed E-state index contributed by atoms with van der Waals surface area (Å²) in [6, 6.07) is 23.3. The number of aromatic amines is 1. The largest absolute Gasteiger partial charge is 0.493 e. The molecule has 576 valence electrons. The van der Waals surface area contributed by atoms with Crippen LogP contribution in [0.4, 0.5) is 17.2 Å². The molecule has 8 rings (SSSR count). The summed E-state index contributed by atoms with van der Waals surface area (Å²) in [7, 11) is 6.50.